The molecule has 3 aromatic carbocycles. The van der Waals surface area contributed by atoms with Gasteiger partial charge in [0.05, 0.1) is 22.2 Å². The Morgan fingerprint density at radius 3 is 2.09 bits per heavy atom. The van der Waals surface area contributed by atoms with Crippen molar-refractivity contribution in [2.45, 2.75) is 11.8 Å². The number of benzene rings is 3. The van der Waals surface area contributed by atoms with E-state index in [1.165, 1.54) is 19.2 Å². The van der Waals surface area contributed by atoms with Gasteiger partial charge in [-0.1, -0.05) is 36.4 Å². The summed E-state index contributed by atoms with van der Waals surface area (Å²) in [6.07, 6.45) is 0. The minimum Gasteiger partial charge on any atom is -0.484 e. The molecular weight excluding hydrogens is 440 g/mol. The van der Waals surface area contributed by atoms with Crippen molar-refractivity contribution in [3.05, 3.63) is 83.9 Å². The summed E-state index contributed by atoms with van der Waals surface area (Å²) in [5.74, 6) is 0.101. The molecule has 0 fully saturated rings. The van der Waals surface area contributed by atoms with E-state index in [4.69, 9.17) is 10.00 Å². The molecule has 3 aromatic rings. The fourth-order valence-corrected chi connectivity index (χ4v) is 3.60. The summed E-state index contributed by atoms with van der Waals surface area (Å²) in [7, 11) is -2.16. The molecule has 0 spiro atoms. The fourth-order valence-electron chi connectivity index (χ4n) is 2.87. The predicted molar refractivity (Wildman–Crippen MR) is 125 cm³/mol. The van der Waals surface area contributed by atoms with Gasteiger partial charge in [-0.25, -0.2) is 18.6 Å². The maximum Gasteiger partial charge on any atom is 0.277 e. The summed E-state index contributed by atoms with van der Waals surface area (Å²) in [6, 6.07) is 22.8. The first-order valence-electron chi connectivity index (χ1n) is 9.93. The van der Waals surface area contributed by atoms with Crippen molar-refractivity contribution in [1.29, 1.82) is 5.26 Å². The number of hydrazone groups is 1. The van der Waals surface area contributed by atoms with Crippen molar-refractivity contribution in [1.82, 2.24) is 10.1 Å². The van der Waals surface area contributed by atoms with E-state index in [-0.39, 0.29) is 11.5 Å². The number of sulfonamides is 1. The second kappa shape index (κ2) is 10.5. The van der Waals surface area contributed by atoms with E-state index in [0.717, 1.165) is 11.1 Å². The molecule has 0 heterocycles. The Hall–Kier alpha value is -4.00. The van der Waals surface area contributed by atoms with Crippen molar-refractivity contribution >= 4 is 21.6 Å². The first-order chi connectivity index (χ1) is 15.8. The maximum absolute atomic E-state index is 12.1. The first kappa shape index (κ1) is 23.7. The van der Waals surface area contributed by atoms with Gasteiger partial charge in [0, 0.05) is 0 Å². The zero-order valence-electron chi connectivity index (χ0n) is 18.1. The molecule has 1 amide bonds. The highest BCUT2D eigenvalue weighted by atomic mass is 32.2. The van der Waals surface area contributed by atoms with E-state index >= 15 is 0 Å². The predicted octanol–water partition coefficient (Wildman–Crippen LogP) is 3.05. The third-order valence-electron chi connectivity index (χ3n) is 4.77. The van der Waals surface area contributed by atoms with Crippen LogP contribution < -0.4 is 14.9 Å². The summed E-state index contributed by atoms with van der Waals surface area (Å²) in [6.45, 7) is 1.48. The number of nitrogens with one attached hydrogen (secondary N) is 2. The zero-order valence-corrected chi connectivity index (χ0v) is 18.9. The number of carbonyl (C=O) groups excluding carboxylic acids is 1. The van der Waals surface area contributed by atoms with Crippen molar-refractivity contribution < 1.29 is 17.9 Å². The highest BCUT2D eigenvalue weighted by Gasteiger charge is 2.11. The van der Waals surface area contributed by atoms with Crippen LogP contribution in [0.25, 0.3) is 11.1 Å². The van der Waals surface area contributed by atoms with Crippen molar-refractivity contribution in [2.24, 2.45) is 5.10 Å². The number of rotatable bonds is 8. The molecule has 33 heavy (non-hydrogen) atoms. The summed E-state index contributed by atoms with van der Waals surface area (Å²) in [4.78, 5) is 12.2. The van der Waals surface area contributed by atoms with Crippen LogP contribution in [0.5, 0.6) is 5.75 Å². The molecular formula is C24H22N4O4S. The lowest BCUT2D eigenvalue weighted by Gasteiger charge is -2.08. The lowest BCUT2D eigenvalue weighted by molar-refractivity contribution is -0.123. The number of hydrogen-bond donors (Lipinski definition) is 2. The third-order valence-corrected chi connectivity index (χ3v) is 6.20. The Balaban J connectivity index is 1.53. The van der Waals surface area contributed by atoms with Gasteiger partial charge in [0.1, 0.15) is 5.75 Å². The van der Waals surface area contributed by atoms with Crippen molar-refractivity contribution in [2.75, 3.05) is 13.7 Å². The molecule has 8 nitrogen and oxygen atoms in total. The van der Waals surface area contributed by atoms with E-state index in [0.29, 0.717) is 22.6 Å². The molecule has 0 saturated heterocycles. The fraction of sp³-hybridized carbons (Fsp3) is 0.125. The lowest BCUT2D eigenvalue weighted by Crippen LogP contribution is -2.25. The minimum absolute atomic E-state index is 0.143. The van der Waals surface area contributed by atoms with Gasteiger partial charge < -0.3 is 4.74 Å². The monoisotopic (exact) mass is 462 g/mol. The Kier molecular flexibility index (Phi) is 7.56. The topological polar surface area (TPSA) is 121 Å². The quantitative estimate of drug-likeness (QED) is 0.394. The number of amides is 1. The molecule has 0 aliphatic carbocycles. The smallest absolute Gasteiger partial charge is 0.277 e. The summed E-state index contributed by atoms with van der Waals surface area (Å²) in [5, 5.41) is 12.9. The van der Waals surface area contributed by atoms with Gasteiger partial charge in [0.25, 0.3) is 5.91 Å². The Morgan fingerprint density at radius 2 is 1.55 bits per heavy atom. The number of nitrogens with zero attached hydrogens (tertiary/aromatic N) is 2. The molecule has 3 rings (SSSR count). The van der Waals surface area contributed by atoms with Crippen LogP contribution >= 0.6 is 0 Å². The molecule has 0 saturated carbocycles. The number of nitriles is 1. The Bertz CT molecular complexity index is 1290. The van der Waals surface area contributed by atoms with Crippen LogP contribution in [0, 0.1) is 11.3 Å². The third kappa shape index (κ3) is 6.26. The van der Waals surface area contributed by atoms with Gasteiger partial charge in [0.15, 0.2) is 6.61 Å². The number of ether oxygens (including phenoxy) is 1. The number of carbonyl (C=O) groups is 1. The van der Waals surface area contributed by atoms with Crippen LogP contribution in [0.2, 0.25) is 0 Å². The molecule has 0 aliphatic rings. The van der Waals surface area contributed by atoms with Gasteiger partial charge in [-0.3, -0.25) is 4.79 Å². The highest BCUT2D eigenvalue weighted by Crippen LogP contribution is 2.22. The van der Waals surface area contributed by atoms with Gasteiger partial charge in [-0.05, 0) is 67.1 Å². The minimum atomic E-state index is -3.51. The largest absolute Gasteiger partial charge is 0.484 e. The Labute approximate surface area is 192 Å². The van der Waals surface area contributed by atoms with Gasteiger partial charge >= 0.3 is 0 Å². The van der Waals surface area contributed by atoms with E-state index in [9.17, 15) is 13.2 Å². The van der Waals surface area contributed by atoms with Crippen LogP contribution in [-0.2, 0) is 14.8 Å². The average molecular weight is 463 g/mol. The van der Waals surface area contributed by atoms with Crippen LogP contribution in [0.3, 0.4) is 0 Å². The van der Waals surface area contributed by atoms with Crippen LogP contribution in [0.1, 0.15) is 18.1 Å². The normalized spacial score (nSPS) is 11.5. The SMILES string of the molecule is CNS(=O)(=O)c1ccc(/C(C)=N/NC(=O)COc2ccc(-c3ccc(C#N)cc3)cc2)cc1. The molecule has 9 heteroatoms. The van der Waals surface area contributed by atoms with Gasteiger partial charge in [0.2, 0.25) is 10.0 Å². The Morgan fingerprint density at radius 1 is 0.970 bits per heavy atom. The summed E-state index contributed by atoms with van der Waals surface area (Å²) >= 11 is 0. The van der Waals surface area contributed by atoms with Crippen molar-refractivity contribution in [3.8, 4) is 22.9 Å². The molecule has 2 N–H and O–H groups in total. The standard InChI is InChI=1S/C24H22N4O4S/c1-17(19-9-13-23(14-10-19)33(30,31)26-2)27-28-24(29)16-32-22-11-7-21(8-12-22)20-5-3-18(15-25)4-6-20/h3-14,26H,16H2,1-2H3,(H,28,29)/b27-17+. The lowest BCUT2D eigenvalue weighted by atomic mass is 10.0. The van der Waals surface area contributed by atoms with E-state index < -0.39 is 15.9 Å². The van der Waals surface area contributed by atoms with Crippen LogP contribution in [0.15, 0.2) is 82.8 Å². The number of hydrogen-bond acceptors (Lipinski definition) is 6. The zero-order chi connectivity index (χ0) is 23.8. The second-order valence-corrected chi connectivity index (χ2v) is 8.85. The van der Waals surface area contributed by atoms with Gasteiger partial charge in [-0.15, -0.1) is 0 Å². The first-order valence-corrected chi connectivity index (χ1v) is 11.4. The second-order valence-electron chi connectivity index (χ2n) is 6.97. The molecule has 0 radical (unpaired) electrons. The maximum atomic E-state index is 12.1. The summed E-state index contributed by atoms with van der Waals surface area (Å²) in [5.41, 5.74) is 6.14. The molecule has 0 atom stereocenters. The van der Waals surface area contributed by atoms with Crippen molar-refractivity contribution in [3.63, 3.8) is 0 Å². The van der Waals surface area contributed by atoms with E-state index in [2.05, 4.69) is 21.3 Å². The van der Waals surface area contributed by atoms with Crippen LogP contribution in [-0.4, -0.2) is 33.7 Å². The van der Waals surface area contributed by atoms with Gasteiger partial charge in [-0.2, -0.15) is 10.4 Å². The molecule has 168 valence electrons. The van der Waals surface area contributed by atoms with E-state index in [1.54, 1.807) is 43.3 Å². The summed E-state index contributed by atoms with van der Waals surface area (Å²) < 4.78 is 31.3. The average Bonchev–Trinajstić information content (AvgIpc) is 2.86. The molecule has 0 aromatic heterocycles. The highest BCUT2D eigenvalue weighted by molar-refractivity contribution is 7.89. The molecule has 0 aliphatic heterocycles. The molecule has 0 unspecified atom stereocenters. The molecule has 0 bridgehead atoms. The van der Waals surface area contributed by atoms with Crippen LogP contribution in [0.4, 0.5) is 0 Å². The van der Waals surface area contributed by atoms with E-state index in [1.807, 2.05) is 24.3 Å².